The molecule has 2 aromatic rings. The minimum absolute atomic E-state index is 0.137. The average molecular weight is 293 g/mol. The highest BCUT2D eigenvalue weighted by molar-refractivity contribution is 6.31. The first-order chi connectivity index (χ1) is 9.18. The Kier molecular flexibility index (Phi) is 3.61. The molecule has 0 saturated carbocycles. The number of nitrogens with zero attached hydrogens (tertiary/aromatic N) is 2. The van der Waals surface area contributed by atoms with Crippen LogP contribution in [0.15, 0.2) is 24.4 Å². The Bertz CT molecular complexity index is 669. The molecule has 1 aromatic heterocycles. The van der Waals surface area contributed by atoms with Gasteiger partial charge in [-0.25, -0.2) is 4.79 Å². The first kappa shape index (κ1) is 14.6. The number of hydrogen-bond donors (Lipinski definition) is 1. The number of aryl methyl sites for hydroxylation is 1. The third-order valence-electron chi connectivity index (χ3n) is 2.99. The third-order valence-corrected chi connectivity index (χ3v) is 3.21. The number of rotatable bonds is 2. The summed E-state index contributed by atoms with van der Waals surface area (Å²) in [5, 5.41) is 14.0. The van der Waals surface area contributed by atoms with Crippen LogP contribution in [0.3, 0.4) is 0 Å². The maximum Gasteiger partial charge on any atom is 0.335 e. The second-order valence-corrected chi connectivity index (χ2v) is 6.29. The van der Waals surface area contributed by atoms with Crippen LogP contribution in [-0.2, 0) is 12.5 Å². The number of carbonyl (C=O) groups is 1. The van der Waals surface area contributed by atoms with Gasteiger partial charge in [-0.1, -0.05) is 32.4 Å². The Morgan fingerprint density at radius 1 is 1.30 bits per heavy atom. The summed E-state index contributed by atoms with van der Waals surface area (Å²) in [7, 11) is 1.85. The van der Waals surface area contributed by atoms with E-state index in [0.29, 0.717) is 5.02 Å². The van der Waals surface area contributed by atoms with Crippen molar-refractivity contribution in [2.24, 2.45) is 7.05 Å². The molecule has 1 N–H and O–H groups in total. The first-order valence-corrected chi connectivity index (χ1v) is 6.64. The smallest absolute Gasteiger partial charge is 0.335 e. The molecule has 0 radical (unpaired) electrons. The fourth-order valence-electron chi connectivity index (χ4n) is 2.12. The second-order valence-electron chi connectivity index (χ2n) is 5.85. The summed E-state index contributed by atoms with van der Waals surface area (Å²) in [5.74, 6) is -0.991. The van der Waals surface area contributed by atoms with Crippen LogP contribution in [0.1, 0.15) is 36.8 Å². The summed E-state index contributed by atoms with van der Waals surface area (Å²) in [4.78, 5) is 11.1. The Hall–Kier alpha value is -1.81. The van der Waals surface area contributed by atoms with Gasteiger partial charge in [0, 0.05) is 29.2 Å². The van der Waals surface area contributed by atoms with Gasteiger partial charge in [-0.05, 0) is 23.8 Å². The van der Waals surface area contributed by atoms with Crippen LogP contribution in [0.4, 0.5) is 0 Å². The van der Waals surface area contributed by atoms with E-state index in [2.05, 4.69) is 25.9 Å². The number of halogens is 1. The summed E-state index contributed by atoms with van der Waals surface area (Å²) < 4.78 is 1.73. The summed E-state index contributed by atoms with van der Waals surface area (Å²) in [6, 6.07) is 4.83. The summed E-state index contributed by atoms with van der Waals surface area (Å²) in [6.45, 7) is 6.21. The number of aromatic nitrogens is 2. The molecule has 1 aromatic carbocycles. The quantitative estimate of drug-likeness (QED) is 0.917. The highest BCUT2D eigenvalue weighted by Crippen LogP contribution is 2.33. The maximum atomic E-state index is 11.1. The monoisotopic (exact) mass is 292 g/mol. The second kappa shape index (κ2) is 4.94. The van der Waals surface area contributed by atoms with Gasteiger partial charge in [-0.15, -0.1) is 0 Å². The zero-order valence-corrected chi connectivity index (χ0v) is 12.7. The molecule has 0 spiro atoms. The summed E-state index contributed by atoms with van der Waals surface area (Å²) >= 11 is 6.03. The number of carboxylic acid groups (broad SMARTS) is 1. The van der Waals surface area contributed by atoms with Crippen LogP contribution in [0.2, 0.25) is 5.02 Å². The van der Waals surface area contributed by atoms with E-state index in [-0.39, 0.29) is 11.0 Å². The van der Waals surface area contributed by atoms with Crippen LogP contribution in [-0.4, -0.2) is 20.9 Å². The van der Waals surface area contributed by atoms with Gasteiger partial charge < -0.3 is 5.11 Å². The van der Waals surface area contributed by atoms with E-state index >= 15 is 0 Å². The van der Waals surface area contributed by atoms with Gasteiger partial charge in [-0.2, -0.15) is 5.10 Å². The minimum Gasteiger partial charge on any atom is -0.478 e. The van der Waals surface area contributed by atoms with Crippen molar-refractivity contribution in [2.75, 3.05) is 0 Å². The van der Waals surface area contributed by atoms with E-state index in [4.69, 9.17) is 16.7 Å². The fraction of sp³-hybridized carbons (Fsp3) is 0.333. The molecule has 0 atom stereocenters. The zero-order chi connectivity index (χ0) is 15.1. The molecule has 0 fully saturated rings. The van der Waals surface area contributed by atoms with Crippen LogP contribution in [0.25, 0.3) is 11.1 Å². The molecule has 2 rings (SSSR count). The predicted molar refractivity (Wildman–Crippen MR) is 79.3 cm³/mol. The van der Waals surface area contributed by atoms with Gasteiger partial charge >= 0.3 is 5.97 Å². The lowest BCUT2D eigenvalue weighted by Crippen LogP contribution is -2.13. The molecule has 1 heterocycles. The van der Waals surface area contributed by atoms with Crippen molar-refractivity contribution in [1.82, 2.24) is 9.78 Å². The van der Waals surface area contributed by atoms with Crippen molar-refractivity contribution in [3.05, 3.63) is 40.7 Å². The van der Waals surface area contributed by atoms with E-state index in [9.17, 15) is 4.79 Å². The largest absolute Gasteiger partial charge is 0.478 e. The van der Waals surface area contributed by atoms with Gasteiger partial charge in [-0.3, -0.25) is 4.68 Å². The Morgan fingerprint density at radius 2 is 1.95 bits per heavy atom. The molecule has 4 nitrogen and oxygen atoms in total. The molecule has 0 unspecified atom stereocenters. The molecule has 0 bridgehead atoms. The molecule has 0 aliphatic heterocycles. The SMILES string of the molecule is Cn1cc(-c2cc(Cl)cc(C(=O)O)c2)c(C(C)(C)C)n1. The van der Waals surface area contributed by atoms with Gasteiger partial charge in [0.05, 0.1) is 11.3 Å². The van der Waals surface area contributed by atoms with Crippen molar-refractivity contribution in [1.29, 1.82) is 0 Å². The number of carboxylic acids is 1. The molecule has 20 heavy (non-hydrogen) atoms. The molecule has 0 amide bonds. The van der Waals surface area contributed by atoms with Crippen molar-refractivity contribution >= 4 is 17.6 Å². The van der Waals surface area contributed by atoms with E-state index in [1.54, 1.807) is 16.8 Å². The van der Waals surface area contributed by atoms with Crippen molar-refractivity contribution in [3.8, 4) is 11.1 Å². The number of benzene rings is 1. The normalized spacial score (nSPS) is 11.7. The molecule has 0 aliphatic rings. The molecular formula is C15H17ClN2O2. The molecule has 106 valence electrons. The van der Waals surface area contributed by atoms with E-state index < -0.39 is 5.97 Å². The Labute approximate surface area is 123 Å². The summed E-state index contributed by atoms with van der Waals surface area (Å²) in [5.41, 5.74) is 2.63. The maximum absolute atomic E-state index is 11.1. The van der Waals surface area contributed by atoms with E-state index in [1.165, 1.54) is 6.07 Å². The lowest BCUT2D eigenvalue weighted by atomic mass is 9.87. The lowest BCUT2D eigenvalue weighted by molar-refractivity contribution is 0.0697. The van der Waals surface area contributed by atoms with Crippen molar-refractivity contribution in [3.63, 3.8) is 0 Å². The van der Waals surface area contributed by atoms with Crippen LogP contribution < -0.4 is 0 Å². The van der Waals surface area contributed by atoms with Crippen molar-refractivity contribution < 1.29 is 9.90 Å². The number of aromatic carboxylic acids is 1. The van der Waals surface area contributed by atoms with Gasteiger partial charge in [0.1, 0.15) is 0 Å². The first-order valence-electron chi connectivity index (χ1n) is 6.27. The molecule has 0 saturated heterocycles. The topological polar surface area (TPSA) is 55.1 Å². The van der Waals surface area contributed by atoms with E-state index in [0.717, 1.165) is 16.8 Å². The van der Waals surface area contributed by atoms with Gasteiger partial charge in [0.25, 0.3) is 0 Å². The van der Waals surface area contributed by atoms with Crippen molar-refractivity contribution in [2.45, 2.75) is 26.2 Å². The van der Waals surface area contributed by atoms with Gasteiger partial charge in [0.2, 0.25) is 0 Å². The van der Waals surface area contributed by atoms with Crippen LogP contribution in [0.5, 0.6) is 0 Å². The number of hydrogen-bond acceptors (Lipinski definition) is 2. The molecule has 5 heteroatoms. The van der Waals surface area contributed by atoms with Crippen LogP contribution >= 0.6 is 11.6 Å². The average Bonchev–Trinajstić information content (AvgIpc) is 2.70. The van der Waals surface area contributed by atoms with Crippen LogP contribution in [0, 0.1) is 0 Å². The highest BCUT2D eigenvalue weighted by Gasteiger charge is 2.23. The fourth-order valence-corrected chi connectivity index (χ4v) is 2.36. The standard InChI is InChI=1S/C15H17ClN2O2/c1-15(2,3)13-12(8-18(4)17-13)9-5-10(14(19)20)7-11(16)6-9/h5-8H,1-4H3,(H,19,20). The van der Waals surface area contributed by atoms with Gasteiger partial charge in [0.15, 0.2) is 0 Å². The third kappa shape index (κ3) is 2.85. The highest BCUT2D eigenvalue weighted by atomic mass is 35.5. The Morgan fingerprint density at radius 3 is 2.50 bits per heavy atom. The molecule has 0 aliphatic carbocycles. The predicted octanol–water partition coefficient (Wildman–Crippen LogP) is 3.74. The van der Waals surface area contributed by atoms with E-state index in [1.807, 2.05) is 13.2 Å². The summed E-state index contributed by atoms with van der Waals surface area (Å²) in [6.07, 6.45) is 1.89. The minimum atomic E-state index is -0.991. The molecular weight excluding hydrogens is 276 g/mol. The zero-order valence-electron chi connectivity index (χ0n) is 11.9. The lowest BCUT2D eigenvalue weighted by Gasteiger charge is -2.17. The Balaban J connectivity index is 2.66.